The van der Waals surface area contributed by atoms with E-state index in [2.05, 4.69) is 37.2 Å². The summed E-state index contributed by atoms with van der Waals surface area (Å²) in [5, 5.41) is 2.84. The Morgan fingerprint density at radius 3 is 2.45 bits per heavy atom. The molecule has 2 aromatic carbocycles. The lowest BCUT2D eigenvalue weighted by Crippen LogP contribution is -2.12. The molecule has 22 heavy (non-hydrogen) atoms. The van der Waals surface area contributed by atoms with Gasteiger partial charge in [0.05, 0.1) is 18.2 Å². The van der Waals surface area contributed by atoms with Crippen molar-refractivity contribution in [2.75, 3.05) is 19.0 Å². The minimum Gasteiger partial charge on any atom is -0.493 e. The Hall–Kier alpha value is -1.53. The highest BCUT2D eigenvalue weighted by Crippen LogP contribution is 2.36. The van der Waals surface area contributed by atoms with Crippen LogP contribution in [0.15, 0.2) is 45.3 Å². The summed E-state index contributed by atoms with van der Waals surface area (Å²) in [6.07, 6.45) is 0. The van der Waals surface area contributed by atoms with E-state index in [0.29, 0.717) is 28.1 Å². The first-order valence-corrected chi connectivity index (χ1v) is 8.21. The lowest BCUT2D eigenvalue weighted by atomic mass is 10.2. The maximum Gasteiger partial charge on any atom is 0.255 e. The number of hydrogen-bond acceptors (Lipinski definition) is 3. The van der Waals surface area contributed by atoms with Crippen molar-refractivity contribution in [2.24, 2.45) is 0 Å². The number of halogens is 2. The van der Waals surface area contributed by atoms with Crippen molar-refractivity contribution in [3.05, 3.63) is 50.9 Å². The maximum absolute atomic E-state index is 12.3. The molecule has 0 spiro atoms. The Balaban J connectivity index is 2.26. The summed E-state index contributed by atoms with van der Waals surface area (Å²) in [5.41, 5.74) is 1.20. The molecule has 0 aliphatic carbocycles. The second-order valence-corrected chi connectivity index (χ2v) is 6.15. The van der Waals surface area contributed by atoms with Crippen molar-refractivity contribution < 1.29 is 14.3 Å². The van der Waals surface area contributed by atoms with Crippen LogP contribution < -0.4 is 14.8 Å². The first-order chi connectivity index (χ1) is 10.5. The molecule has 0 heterocycles. The fourth-order valence-electron chi connectivity index (χ4n) is 1.87. The van der Waals surface area contributed by atoms with Gasteiger partial charge in [-0.3, -0.25) is 4.79 Å². The van der Waals surface area contributed by atoms with Crippen LogP contribution in [0.25, 0.3) is 0 Å². The van der Waals surface area contributed by atoms with Crippen LogP contribution in [-0.4, -0.2) is 19.6 Å². The maximum atomic E-state index is 12.3. The molecule has 2 rings (SSSR count). The highest BCUT2D eigenvalue weighted by atomic mass is 79.9. The second-order valence-electron chi connectivity index (χ2n) is 4.38. The number of carbonyl (C=O) groups is 1. The molecule has 0 saturated heterocycles. The van der Waals surface area contributed by atoms with Crippen molar-refractivity contribution >= 4 is 43.5 Å². The Morgan fingerprint density at radius 1 is 1.18 bits per heavy atom. The molecule has 116 valence electrons. The summed E-state index contributed by atoms with van der Waals surface area (Å²) in [6, 6.07) is 10.7. The molecule has 0 unspecified atom stereocenters. The molecule has 0 aliphatic rings. The van der Waals surface area contributed by atoms with E-state index in [1.54, 1.807) is 19.2 Å². The molecule has 0 atom stereocenters. The van der Waals surface area contributed by atoms with Gasteiger partial charge < -0.3 is 14.8 Å². The minimum atomic E-state index is -0.218. The van der Waals surface area contributed by atoms with E-state index in [9.17, 15) is 4.79 Å². The van der Waals surface area contributed by atoms with Gasteiger partial charge in [0.1, 0.15) is 0 Å². The van der Waals surface area contributed by atoms with Gasteiger partial charge in [-0.1, -0.05) is 15.9 Å². The highest BCUT2D eigenvalue weighted by Gasteiger charge is 2.15. The summed E-state index contributed by atoms with van der Waals surface area (Å²) in [5.74, 6) is 0.881. The standard InChI is InChI=1S/C16H15Br2NO3/c1-3-22-15-13(18)8-10(9-14(15)21-2)16(20)19-12-6-4-11(17)5-7-12/h4-9H,3H2,1-2H3,(H,19,20). The molecular weight excluding hydrogens is 414 g/mol. The number of amides is 1. The molecule has 1 N–H and O–H groups in total. The molecule has 0 radical (unpaired) electrons. The van der Waals surface area contributed by atoms with Gasteiger partial charge in [0.2, 0.25) is 0 Å². The zero-order chi connectivity index (χ0) is 16.1. The van der Waals surface area contributed by atoms with Crippen LogP contribution in [0.4, 0.5) is 5.69 Å². The van der Waals surface area contributed by atoms with E-state index in [0.717, 1.165) is 10.2 Å². The molecule has 6 heteroatoms. The highest BCUT2D eigenvalue weighted by molar-refractivity contribution is 9.10. The van der Waals surface area contributed by atoms with Crippen molar-refractivity contribution in [3.63, 3.8) is 0 Å². The van der Waals surface area contributed by atoms with Crippen LogP contribution in [0.1, 0.15) is 17.3 Å². The largest absolute Gasteiger partial charge is 0.493 e. The normalized spacial score (nSPS) is 10.2. The molecular formula is C16H15Br2NO3. The molecule has 0 bridgehead atoms. The summed E-state index contributed by atoms with van der Waals surface area (Å²) in [7, 11) is 1.54. The van der Waals surface area contributed by atoms with Gasteiger partial charge >= 0.3 is 0 Å². The third-order valence-electron chi connectivity index (χ3n) is 2.88. The zero-order valence-corrected chi connectivity index (χ0v) is 15.3. The fourth-order valence-corrected chi connectivity index (χ4v) is 2.69. The monoisotopic (exact) mass is 427 g/mol. The number of rotatable bonds is 5. The van der Waals surface area contributed by atoms with E-state index in [-0.39, 0.29) is 5.91 Å². The van der Waals surface area contributed by atoms with Gasteiger partial charge in [0.15, 0.2) is 11.5 Å². The smallest absolute Gasteiger partial charge is 0.255 e. The van der Waals surface area contributed by atoms with Crippen molar-refractivity contribution in [1.82, 2.24) is 0 Å². The Labute approximate surface area is 146 Å². The third-order valence-corrected chi connectivity index (χ3v) is 4.00. The van der Waals surface area contributed by atoms with Gasteiger partial charge in [0.25, 0.3) is 5.91 Å². The predicted molar refractivity (Wildman–Crippen MR) is 94.0 cm³/mol. The Bertz CT molecular complexity index is 672. The molecule has 2 aromatic rings. The number of methoxy groups -OCH3 is 1. The molecule has 1 amide bonds. The number of nitrogens with one attached hydrogen (secondary N) is 1. The van der Waals surface area contributed by atoms with E-state index in [1.807, 2.05) is 31.2 Å². The summed E-state index contributed by atoms with van der Waals surface area (Å²) in [4.78, 5) is 12.3. The number of anilines is 1. The van der Waals surface area contributed by atoms with Gasteiger partial charge in [-0.2, -0.15) is 0 Å². The second kappa shape index (κ2) is 7.65. The minimum absolute atomic E-state index is 0.218. The van der Waals surface area contributed by atoms with Gasteiger partial charge in [-0.15, -0.1) is 0 Å². The number of benzene rings is 2. The lowest BCUT2D eigenvalue weighted by molar-refractivity contribution is 0.102. The summed E-state index contributed by atoms with van der Waals surface area (Å²) < 4.78 is 12.4. The topological polar surface area (TPSA) is 47.6 Å². The predicted octanol–water partition coefficient (Wildman–Crippen LogP) is 4.87. The quantitative estimate of drug-likeness (QED) is 0.738. The molecule has 0 fully saturated rings. The SMILES string of the molecule is CCOc1c(Br)cc(C(=O)Nc2ccc(Br)cc2)cc1OC. The van der Waals surface area contributed by atoms with Crippen molar-refractivity contribution in [2.45, 2.75) is 6.92 Å². The summed E-state index contributed by atoms with van der Waals surface area (Å²) in [6.45, 7) is 2.40. The van der Waals surface area contributed by atoms with Gasteiger partial charge in [-0.25, -0.2) is 0 Å². The first kappa shape index (κ1) is 16.8. The molecule has 0 saturated carbocycles. The van der Waals surface area contributed by atoms with Crippen LogP contribution in [0, 0.1) is 0 Å². The average molecular weight is 429 g/mol. The van der Waals surface area contributed by atoms with Crippen LogP contribution in [-0.2, 0) is 0 Å². The van der Waals surface area contributed by atoms with Gasteiger partial charge in [0, 0.05) is 15.7 Å². The van der Waals surface area contributed by atoms with Crippen LogP contribution in [0.5, 0.6) is 11.5 Å². The molecule has 4 nitrogen and oxygen atoms in total. The fraction of sp³-hybridized carbons (Fsp3) is 0.188. The Morgan fingerprint density at radius 2 is 1.86 bits per heavy atom. The van der Waals surface area contributed by atoms with Gasteiger partial charge in [-0.05, 0) is 59.3 Å². The average Bonchev–Trinajstić information content (AvgIpc) is 2.51. The number of carbonyl (C=O) groups excluding carboxylic acids is 1. The summed E-state index contributed by atoms with van der Waals surface area (Å²) >= 11 is 6.77. The van der Waals surface area contributed by atoms with E-state index >= 15 is 0 Å². The van der Waals surface area contributed by atoms with Crippen molar-refractivity contribution in [3.8, 4) is 11.5 Å². The molecule has 0 aliphatic heterocycles. The first-order valence-electron chi connectivity index (χ1n) is 6.62. The van der Waals surface area contributed by atoms with E-state index in [4.69, 9.17) is 9.47 Å². The number of hydrogen-bond donors (Lipinski definition) is 1. The number of ether oxygens (including phenoxy) is 2. The van der Waals surface area contributed by atoms with Crippen LogP contribution in [0.2, 0.25) is 0 Å². The van der Waals surface area contributed by atoms with E-state index < -0.39 is 0 Å². The zero-order valence-electron chi connectivity index (χ0n) is 12.2. The third kappa shape index (κ3) is 4.01. The lowest BCUT2D eigenvalue weighted by Gasteiger charge is -2.13. The van der Waals surface area contributed by atoms with Crippen molar-refractivity contribution in [1.29, 1.82) is 0 Å². The molecule has 0 aromatic heterocycles. The Kier molecular flexibility index (Phi) is 5.85. The van der Waals surface area contributed by atoms with Crippen LogP contribution in [0.3, 0.4) is 0 Å². The van der Waals surface area contributed by atoms with Crippen LogP contribution >= 0.6 is 31.9 Å². The van der Waals surface area contributed by atoms with E-state index in [1.165, 1.54) is 0 Å².